The van der Waals surface area contributed by atoms with Crippen molar-refractivity contribution in [3.8, 4) is 11.1 Å². The van der Waals surface area contributed by atoms with Crippen molar-refractivity contribution in [2.24, 2.45) is 5.41 Å². The number of ether oxygens (including phenoxy) is 1. The number of likely N-dealkylation sites (tertiary alicyclic amines) is 1. The standard InChI is InChI=1S/C26H28FNO4/c1-16-13-19(25(30)31)14-20(23(16)27)17-4-6-18(7-5-17)21-15-26(21)8-10-28(11-9-26)24(29)22-3-2-12-32-22/h4-7,13-14,21-22H,2-3,8-12,15H2,1H3,(H,30,31)/t21-,22?/m1/s1. The molecule has 1 N–H and O–H groups in total. The van der Waals surface area contributed by atoms with Crippen molar-refractivity contribution in [2.45, 2.75) is 51.0 Å². The number of halogens is 1. The third kappa shape index (κ3) is 3.71. The smallest absolute Gasteiger partial charge is 0.335 e. The van der Waals surface area contributed by atoms with Gasteiger partial charge in [-0.15, -0.1) is 0 Å². The van der Waals surface area contributed by atoms with Crippen molar-refractivity contribution in [3.05, 3.63) is 58.9 Å². The van der Waals surface area contributed by atoms with Gasteiger partial charge in [0, 0.05) is 25.3 Å². The van der Waals surface area contributed by atoms with E-state index in [1.165, 1.54) is 17.7 Å². The lowest BCUT2D eigenvalue weighted by molar-refractivity contribution is -0.142. The Kier molecular flexibility index (Phi) is 5.28. The van der Waals surface area contributed by atoms with Crippen LogP contribution in [-0.4, -0.2) is 47.7 Å². The number of hydrogen-bond donors (Lipinski definition) is 1. The molecule has 2 aromatic rings. The molecule has 1 aliphatic carbocycles. The molecule has 0 aromatic heterocycles. The minimum Gasteiger partial charge on any atom is -0.478 e. The molecular formula is C26H28FNO4. The Balaban J connectivity index is 1.27. The molecule has 0 bridgehead atoms. The van der Waals surface area contributed by atoms with Gasteiger partial charge in [-0.25, -0.2) is 9.18 Å². The summed E-state index contributed by atoms with van der Waals surface area (Å²) >= 11 is 0. The highest BCUT2D eigenvalue weighted by Crippen LogP contribution is 2.65. The molecule has 0 radical (unpaired) electrons. The van der Waals surface area contributed by atoms with Crippen molar-refractivity contribution < 1.29 is 23.8 Å². The van der Waals surface area contributed by atoms with E-state index < -0.39 is 5.97 Å². The highest BCUT2D eigenvalue weighted by Gasteiger charge is 2.55. The van der Waals surface area contributed by atoms with Gasteiger partial charge >= 0.3 is 5.97 Å². The molecule has 3 aliphatic rings. The fraction of sp³-hybridized carbons (Fsp3) is 0.462. The minimum atomic E-state index is -1.06. The van der Waals surface area contributed by atoms with Gasteiger partial charge in [0.05, 0.1) is 5.56 Å². The van der Waals surface area contributed by atoms with Crippen LogP contribution in [0.15, 0.2) is 36.4 Å². The molecule has 6 heteroatoms. The van der Waals surface area contributed by atoms with Crippen LogP contribution < -0.4 is 0 Å². The maximum atomic E-state index is 14.7. The molecule has 168 valence electrons. The van der Waals surface area contributed by atoms with Crippen LogP contribution in [-0.2, 0) is 9.53 Å². The second-order valence-corrected chi connectivity index (χ2v) is 9.53. The van der Waals surface area contributed by atoms with Crippen molar-refractivity contribution in [3.63, 3.8) is 0 Å². The lowest BCUT2D eigenvalue weighted by Crippen LogP contribution is -2.44. The summed E-state index contributed by atoms with van der Waals surface area (Å²) in [5.74, 6) is -0.822. The van der Waals surface area contributed by atoms with Crippen molar-refractivity contribution in [1.29, 1.82) is 0 Å². The minimum absolute atomic E-state index is 0.0911. The van der Waals surface area contributed by atoms with Crippen molar-refractivity contribution in [1.82, 2.24) is 4.90 Å². The Hall–Kier alpha value is -2.73. The number of hydrogen-bond acceptors (Lipinski definition) is 3. The van der Waals surface area contributed by atoms with Gasteiger partial charge in [-0.1, -0.05) is 24.3 Å². The van der Waals surface area contributed by atoms with Gasteiger partial charge in [-0.2, -0.15) is 0 Å². The lowest BCUT2D eigenvalue weighted by Gasteiger charge is -2.34. The topological polar surface area (TPSA) is 66.8 Å². The van der Waals surface area contributed by atoms with E-state index in [1.807, 2.05) is 29.2 Å². The zero-order chi connectivity index (χ0) is 22.5. The Morgan fingerprint density at radius 2 is 1.88 bits per heavy atom. The number of benzene rings is 2. The van der Waals surface area contributed by atoms with Gasteiger partial charge in [0.25, 0.3) is 5.91 Å². The first kappa shape index (κ1) is 21.1. The van der Waals surface area contributed by atoms with Gasteiger partial charge in [0.1, 0.15) is 11.9 Å². The Labute approximate surface area is 187 Å². The third-order valence-electron chi connectivity index (χ3n) is 7.59. The first-order valence-corrected chi connectivity index (χ1v) is 11.4. The molecule has 32 heavy (non-hydrogen) atoms. The van der Waals surface area contributed by atoms with E-state index in [0.29, 0.717) is 29.2 Å². The van der Waals surface area contributed by atoms with E-state index in [-0.39, 0.29) is 28.8 Å². The summed E-state index contributed by atoms with van der Waals surface area (Å²) in [5.41, 5.74) is 2.92. The summed E-state index contributed by atoms with van der Waals surface area (Å²) in [5, 5.41) is 9.30. The second-order valence-electron chi connectivity index (χ2n) is 9.53. The third-order valence-corrected chi connectivity index (χ3v) is 7.59. The molecule has 2 aliphatic heterocycles. The molecule has 1 unspecified atom stereocenters. The largest absolute Gasteiger partial charge is 0.478 e. The van der Waals surface area contributed by atoms with E-state index >= 15 is 0 Å². The first-order valence-electron chi connectivity index (χ1n) is 11.4. The molecule has 1 spiro atoms. The van der Waals surface area contributed by atoms with Crippen LogP contribution in [0.5, 0.6) is 0 Å². The average Bonchev–Trinajstić information content (AvgIpc) is 3.21. The zero-order valence-electron chi connectivity index (χ0n) is 18.3. The molecule has 2 atom stereocenters. The molecule has 3 fully saturated rings. The fourth-order valence-corrected chi connectivity index (χ4v) is 5.52. The highest BCUT2D eigenvalue weighted by atomic mass is 19.1. The molecule has 1 amide bonds. The maximum Gasteiger partial charge on any atom is 0.335 e. The lowest BCUT2D eigenvalue weighted by atomic mass is 9.88. The van der Waals surface area contributed by atoms with E-state index in [1.54, 1.807) is 6.92 Å². The maximum absolute atomic E-state index is 14.7. The van der Waals surface area contributed by atoms with Crippen LogP contribution in [0.25, 0.3) is 11.1 Å². The molecule has 2 heterocycles. The molecule has 2 saturated heterocycles. The predicted molar refractivity (Wildman–Crippen MR) is 118 cm³/mol. The predicted octanol–water partition coefficient (Wildman–Crippen LogP) is 4.77. The molecule has 5 rings (SSSR count). The summed E-state index contributed by atoms with van der Waals surface area (Å²) in [6.45, 7) is 3.86. The van der Waals surface area contributed by atoms with Crippen molar-refractivity contribution >= 4 is 11.9 Å². The molecule has 2 aromatic carbocycles. The van der Waals surface area contributed by atoms with E-state index in [0.717, 1.165) is 45.2 Å². The SMILES string of the molecule is Cc1cc(C(=O)O)cc(-c2ccc([C@H]3CC34CCN(C(=O)C3CCCO3)CC4)cc2)c1F. The number of carbonyl (C=O) groups excluding carboxylic acids is 1. The number of carboxylic acid groups (broad SMARTS) is 1. The number of nitrogens with zero attached hydrogens (tertiary/aromatic N) is 1. The number of rotatable bonds is 4. The number of piperidine rings is 1. The van der Waals surface area contributed by atoms with Crippen LogP contribution in [0.1, 0.15) is 59.5 Å². The number of aryl methyl sites for hydroxylation is 1. The quantitative estimate of drug-likeness (QED) is 0.748. The van der Waals surface area contributed by atoms with Crippen LogP contribution in [0.4, 0.5) is 4.39 Å². The number of carboxylic acids is 1. The van der Waals surface area contributed by atoms with Gasteiger partial charge in [-0.05, 0) is 79.2 Å². The number of aromatic carboxylic acids is 1. The van der Waals surface area contributed by atoms with E-state index in [9.17, 15) is 19.1 Å². The zero-order valence-corrected chi connectivity index (χ0v) is 18.3. The van der Waals surface area contributed by atoms with Gasteiger partial charge in [0.2, 0.25) is 0 Å². The summed E-state index contributed by atoms with van der Waals surface area (Å²) in [6, 6.07) is 10.6. The monoisotopic (exact) mass is 437 g/mol. The number of carbonyl (C=O) groups is 2. The van der Waals surface area contributed by atoms with Crippen LogP contribution in [0.2, 0.25) is 0 Å². The van der Waals surface area contributed by atoms with Crippen LogP contribution in [0, 0.1) is 18.2 Å². The van der Waals surface area contributed by atoms with Gasteiger partial charge < -0.3 is 14.7 Å². The van der Waals surface area contributed by atoms with Gasteiger partial charge in [-0.3, -0.25) is 4.79 Å². The second kappa shape index (κ2) is 8.00. The summed E-state index contributed by atoms with van der Waals surface area (Å²) in [4.78, 5) is 25.9. The normalized spacial score (nSPS) is 24.0. The number of amides is 1. The van der Waals surface area contributed by atoms with Crippen molar-refractivity contribution in [2.75, 3.05) is 19.7 Å². The van der Waals surface area contributed by atoms with E-state index in [2.05, 4.69) is 0 Å². The first-order chi connectivity index (χ1) is 15.4. The van der Waals surface area contributed by atoms with E-state index in [4.69, 9.17) is 4.74 Å². The summed E-state index contributed by atoms with van der Waals surface area (Å²) in [7, 11) is 0. The molecule has 1 saturated carbocycles. The molecule has 5 nitrogen and oxygen atoms in total. The van der Waals surface area contributed by atoms with Gasteiger partial charge in [0.15, 0.2) is 0 Å². The summed E-state index contributed by atoms with van der Waals surface area (Å²) in [6.07, 6.45) is 4.70. The van der Waals surface area contributed by atoms with Crippen LogP contribution in [0.3, 0.4) is 0 Å². The fourth-order valence-electron chi connectivity index (χ4n) is 5.52. The average molecular weight is 438 g/mol. The Morgan fingerprint density at radius 3 is 2.50 bits per heavy atom. The highest BCUT2D eigenvalue weighted by molar-refractivity contribution is 5.90. The van der Waals surface area contributed by atoms with Crippen LogP contribution >= 0.6 is 0 Å². The Morgan fingerprint density at radius 1 is 1.16 bits per heavy atom. The Bertz CT molecular complexity index is 1050. The molecular weight excluding hydrogens is 409 g/mol. The summed E-state index contributed by atoms with van der Waals surface area (Å²) < 4.78 is 20.2.